The van der Waals surface area contributed by atoms with Gasteiger partial charge in [-0.3, -0.25) is 14.9 Å². The second-order valence-corrected chi connectivity index (χ2v) is 10.7. The molecule has 2 aromatic carbocycles. The van der Waals surface area contributed by atoms with Crippen molar-refractivity contribution in [2.24, 2.45) is 5.41 Å². The molecule has 7 heteroatoms. The van der Waals surface area contributed by atoms with Crippen molar-refractivity contribution in [1.82, 2.24) is 20.2 Å². The van der Waals surface area contributed by atoms with Crippen LogP contribution in [-0.2, 0) is 4.79 Å². The van der Waals surface area contributed by atoms with E-state index in [1.165, 1.54) is 16.5 Å². The third-order valence-electron chi connectivity index (χ3n) is 6.32. The van der Waals surface area contributed by atoms with Gasteiger partial charge in [-0.1, -0.05) is 39.0 Å². The molecule has 6 nitrogen and oxygen atoms in total. The van der Waals surface area contributed by atoms with Crippen LogP contribution in [0.25, 0.3) is 55.4 Å². The fraction of sp³-hybridized carbons (Fsp3) is 0.138. The van der Waals surface area contributed by atoms with Crippen molar-refractivity contribution in [2.75, 3.05) is 5.32 Å². The molecule has 0 aliphatic heterocycles. The lowest BCUT2D eigenvalue weighted by Crippen LogP contribution is -2.27. The highest BCUT2D eigenvalue weighted by molar-refractivity contribution is 7.08. The Bertz CT molecular complexity index is 1720. The number of carbonyl (C=O) groups is 1. The van der Waals surface area contributed by atoms with Gasteiger partial charge in [0.2, 0.25) is 5.91 Å². The SMILES string of the molecule is CC(C)(C)C(=O)Nc1cncc(-c2ccc3[nH]nc(-c4cc5c(-c6ccsc6)cccc5[nH]4)c3c2)c1. The van der Waals surface area contributed by atoms with Crippen LogP contribution >= 0.6 is 11.3 Å². The van der Waals surface area contributed by atoms with Crippen LogP contribution in [0.5, 0.6) is 0 Å². The number of amides is 1. The number of pyridine rings is 1. The highest BCUT2D eigenvalue weighted by Gasteiger charge is 2.21. The highest BCUT2D eigenvalue weighted by Crippen LogP contribution is 2.36. The summed E-state index contributed by atoms with van der Waals surface area (Å²) in [5.41, 5.74) is 8.40. The average molecular weight is 492 g/mol. The standard InChI is InChI=1S/C29H25N5OS/c1-29(2,3)28(35)31-20-11-19(14-30-15-20)17-7-8-25-23(12-17)27(34-33-25)26-13-22-21(18-9-10-36-16-18)5-4-6-24(22)32-26/h4-16,32H,1-3H3,(H,31,35)(H,33,34). The maximum absolute atomic E-state index is 12.4. The van der Waals surface area contributed by atoms with Gasteiger partial charge in [-0.05, 0) is 63.8 Å². The molecule has 36 heavy (non-hydrogen) atoms. The van der Waals surface area contributed by atoms with Crippen molar-refractivity contribution in [3.63, 3.8) is 0 Å². The van der Waals surface area contributed by atoms with Gasteiger partial charge in [0.1, 0.15) is 5.69 Å². The van der Waals surface area contributed by atoms with Gasteiger partial charge in [0.05, 0.1) is 23.1 Å². The van der Waals surface area contributed by atoms with Crippen LogP contribution in [0.15, 0.2) is 77.8 Å². The number of aromatic amines is 2. The molecule has 0 atom stereocenters. The maximum atomic E-state index is 12.4. The number of nitrogens with one attached hydrogen (secondary N) is 3. The fourth-order valence-corrected chi connectivity index (χ4v) is 4.99. The number of hydrogen-bond acceptors (Lipinski definition) is 4. The van der Waals surface area contributed by atoms with Gasteiger partial charge in [0.25, 0.3) is 0 Å². The lowest BCUT2D eigenvalue weighted by Gasteiger charge is -2.17. The number of anilines is 1. The lowest BCUT2D eigenvalue weighted by molar-refractivity contribution is -0.123. The Morgan fingerprint density at radius 3 is 2.61 bits per heavy atom. The number of H-pyrrole nitrogens is 2. The number of carbonyl (C=O) groups excluding carboxylic acids is 1. The number of benzene rings is 2. The van der Waals surface area contributed by atoms with E-state index in [0.717, 1.165) is 38.9 Å². The van der Waals surface area contributed by atoms with Gasteiger partial charge in [-0.2, -0.15) is 16.4 Å². The minimum Gasteiger partial charge on any atom is -0.353 e. The molecule has 6 aromatic rings. The summed E-state index contributed by atoms with van der Waals surface area (Å²) >= 11 is 1.70. The van der Waals surface area contributed by atoms with Crippen molar-refractivity contribution in [1.29, 1.82) is 0 Å². The number of fused-ring (bicyclic) bond motifs is 2. The molecule has 6 rings (SSSR count). The Balaban J connectivity index is 1.40. The molecule has 3 N–H and O–H groups in total. The van der Waals surface area contributed by atoms with Crippen molar-refractivity contribution < 1.29 is 4.79 Å². The van der Waals surface area contributed by atoms with Gasteiger partial charge in [0, 0.05) is 33.5 Å². The summed E-state index contributed by atoms with van der Waals surface area (Å²) in [4.78, 5) is 20.4. The molecule has 0 saturated heterocycles. The number of hydrogen-bond donors (Lipinski definition) is 3. The third-order valence-corrected chi connectivity index (χ3v) is 7.01. The van der Waals surface area contributed by atoms with Gasteiger partial charge in [-0.25, -0.2) is 0 Å². The van der Waals surface area contributed by atoms with E-state index >= 15 is 0 Å². The zero-order valence-corrected chi connectivity index (χ0v) is 21.0. The summed E-state index contributed by atoms with van der Waals surface area (Å²) < 4.78 is 0. The minimum atomic E-state index is -0.483. The number of aromatic nitrogens is 4. The predicted octanol–water partition coefficient (Wildman–Crippen LogP) is 7.49. The molecule has 0 aliphatic carbocycles. The van der Waals surface area contributed by atoms with Crippen LogP contribution in [0, 0.1) is 5.41 Å². The normalized spacial score (nSPS) is 11.9. The summed E-state index contributed by atoms with van der Waals surface area (Å²) in [6.45, 7) is 5.67. The Morgan fingerprint density at radius 1 is 0.917 bits per heavy atom. The molecular formula is C29H25N5OS. The first-order valence-corrected chi connectivity index (χ1v) is 12.7. The molecule has 1 amide bonds. The third kappa shape index (κ3) is 3.97. The second kappa shape index (κ2) is 8.46. The van der Waals surface area contributed by atoms with E-state index in [4.69, 9.17) is 0 Å². The van der Waals surface area contributed by atoms with Crippen LogP contribution < -0.4 is 5.32 Å². The minimum absolute atomic E-state index is 0.0466. The number of thiophene rings is 1. The lowest BCUT2D eigenvalue weighted by atomic mass is 9.95. The number of nitrogens with zero attached hydrogens (tertiary/aromatic N) is 2. The smallest absolute Gasteiger partial charge is 0.229 e. The van der Waals surface area contributed by atoms with Crippen molar-refractivity contribution in [3.05, 3.63) is 77.8 Å². The van der Waals surface area contributed by atoms with Crippen LogP contribution in [0.3, 0.4) is 0 Å². The summed E-state index contributed by atoms with van der Waals surface area (Å²) in [5, 5.41) is 17.2. The zero-order chi connectivity index (χ0) is 24.9. The molecule has 4 aromatic heterocycles. The largest absolute Gasteiger partial charge is 0.353 e. The summed E-state index contributed by atoms with van der Waals surface area (Å²) in [6, 6.07) is 18.8. The van der Waals surface area contributed by atoms with E-state index in [-0.39, 0.29) is 5.91 Å². The molecule has 0 saturated carbocycles. The topological polar surface area (TPSA) is 86.5 Å². The predicted molar refractivity (Wildman–Crippen MR) is 148 cm³/mol. The van der Waals surface area contributed by atoms with Crippen molar-refractivity contribution >= 4 is 44.7 Å². The molecular weight excluding hydrogens is 466 g/mol. The summed E-state index contributed by atoms with van der Waals surface area (Å²) in [7, 11) is 0. The molecule has 0 spiro atoms. The molecule has 0 bridgehead atoms. The monoisotopic (exact) mass is 491 g/mol. The molecule has 178 valence electrons. The summed E-state index contributed by atoms with van der Waals surface area (Å²) in [6.07, 6.45) is 3.48. The van der Waals surface area contributed by atoms with Crippen LogP contribution in [-0.4, -0.2) is 26.1 Å². The van der Waals surface area contributed by atoms with Crippen molar-refractivity contribution in [3.8, 4) is 33.6 Å². The van der Waals surface area contributed by atoms with Gasteiger partial charge in [0.15, 0.2) is 0 Å². The molecule has 0 fully saturated rings. The Kier molecular flexibility index (Phi) is 5.23. The fourth-order valence-electron chi connectivity index (χ4n) is 4.34. The van der Waals surface area contributed by atoms with Gasteiger partial charge >= 0.3 is 0 Å². The Hall–Kier alpha value is -4.23. The first-order valence-electron chi connectivity index (χ1n) is 11.8. The summed E-state index contributed by atoms with van der Waals surface area (Å²) in [5.74, 6) is -0.0466. The first-order chi connectivity index (χ1) is 17.4. The molecule has 4 heterocycles. The average Bonchev–Trinajstić information content (AvgIpc) is 3.62. The van der Waals surface area contributed by atoms with Crippen molar-refractivity contribution in [2.45, 2.75) is 20.8 Å². The first kappa shape index (κ1) is 22.2. The zero-order valence-electron chi connectivity index (χ0n) is 20.2. The maximum Gasteiger partial charge on any atom is 0.229 e. The van der Waals surface area contributed by atoms with E-state index < -0.39 is 5.41 Å². The molecule has 0 unspecified atom stereocenters. The highest BCUT2D eigenvalue weighted by atomic mass is 32.1. The van der Waals surface area contributed by atoms with E-state index in [0.29, 0.717) is 5.69 Å². The Labute approximate surface area is 212 Å². The van der Waals surface area contributed by atoms with E-state index in [9.17, 15) is 4.79 Å². The second-order valence-electron chi connectivity index (χ2n) is 9.96. The van der Waals surface area contributed by atoms with Crippen LogP contribution in [0.1, 0.15) is 20.8 Å². The quantitative estimate of drug-likeness (QED) is 0.239. The van der Waals surface area contributed by atoms with E-state index in [1.807, 2.05) is 45.2 Å². The van der Waals surface area contributed by atoms with Crippen LogP contribution in [0.2, 0.25) is 0 Å². The molecule has 0 radical (unpaired) electrons. The van der Waals surface area contributed by atoms with Crippen LogP contribution in [0.4, 0.5) is 5.69 Å². The Morgan fingerprint density at radius 2 is 1.81 bits per heavy atom. The van der Waals surface area contributed by atoms with Gasteiger partial charge < -0.3 is 10.3 Å². The van der Waals surface area contributed by atoms with E-state index in [1.54, 1.807) is 17.5 Å². The number of rotatable bonds is 4. The van der Waals surface area contributed by atoms with Gasteiger partial charge in [-0.15, -0.1) is 0 Å². The molecule has 0 aliphatic rings. The van der Waals surface area contributed by atoms with E-state index in [2.05, 4.69) is 72.6 Å².